The fourth-order valence-corrected chi connectivity index (χ4v) is 3.80. The van der Waals surface area contributed by atoms with Crippen LogP contribution in [0, 0.1) is 0 Å². The number of ether oxygens (including phenoxy) is 1. The zero-order valence-corrected chi connectivity index (χ0v) is 15.8. The van der Waals surface area contributed by atoms with Crippen molar-refractivity contribution in [1.29, 1.82) is 0 Å². The van der Waals surface area contributed by atoms with Crippen LogP contribution in [0.1, 0.15) is 22.3 Å². The third kappa shape index (κ3) is 4.70. The molecule has 6 nitrogen and oxygen atoms in total. The van der Waals surface area contributed by atoms with Gasteiger partial charge in [-0.1, -0.05) is 12.1 Å². The average molecular weight is 424 g/mol. The summed E-state index contributed by atoms with van der Waals surface area (Å²) in [5.74, 6) is -1.72. The maximum atomic E-state index is 12.8. The zero-order valence-electron chi connectivity index (χ0n) is 15.0. The number of carbonyl (C=O) groups is 3. The van der Waals surface area contributed by atoms with Gasteiger partial charge in [0.25, 0.3) is 0 Å². The fourth-order valence-electron chi connectivity index (χ4n) is 2.71. The lowest BCUT2D eigenvalue weighted by molar-refractivity contribution is -0.137. The molecule has 0 fully saturated rings. The van der Waals surface area contributed by atoms with Crippen molar-refractivity contribution in [3.63, 3.8) is 0 Å². The van der Waals surface area contributed by atoms with Gasteiger partial charge in [-0.2, -0.15) is 13.2 Å². The number of para-hydroxylation sites is 1. The Balaban J connectivity index is 1.71. The minimum Gasteiger partial charge on any atom is -0.465 e. The Morgan fingerprint density at radius 1 is 1.21 bits per heavy atom. The number of thioether (sulfide) groups is 1. The Kier molecular flexibility index (Phi) is 5.83. The largest absolute Gasteiger partial charge is 0.465 e. The molecule has 2 amide bonds. The standard InChI is InChI=1S/C19H15F3N2O4S/c1-28-18(27)11-4-2-3-5-12(11)23-16(25)9-15-17(26)24-13-8-10(19(20,21)22)6-7-14(13)29-15/h2-8,15H,9H2,1H3,(H,23,25)(H,24,26)/t15-/m0/s1. The lowest BCUT2D eigenvalue weighted by atomic mass is 10.1. The number of fused-ring (bicyclic) bond motifs is 1. The first-order valence-electron chi connectivity index (χ1n) is 8.35. The lowest BCUT2D eigenvalue weighted by Crippen LogP contribution is -2.32. The number of hydrogen-bond acceptors (Lipinski definition) is 5. The molecular weight excluding hydrogens is 409 g/mol. The van der Waals surface area contributed by atoms with Gasteiger partial charge in [-0.3, -0.25) is 9.59 Å². The van der Waals surface area contributed by atoms with Crippen molar-refractivity contribution in [3.8, 4) is 0 Å². The Hall–Kier alpha value is -3.01. The molecule has 0 saturated heterocycles. The van der Waals surface area contributed by atoms with E-state index in [0.29, 0.717) is 4.90 Å². The van der Waals surface area contributed by atoms with Crippen molar-refractivity contribution in [2.45, 2.75) is 22.7 Å². The lowest BCUT2D eigenvalue weighted by Gasteiger charge is -2.24. The number of esters is 1. The van der Waals surface area contributed by atoms with Crippen molar-refractivity contribution < 1.29 is 32.3 Å². The first-order chi connectivity index (χ1) is 13.7. The molecule has 0 saturated carbocycles. The first-order valence-corrected chi connectivity index (χ1v) is 9.23. The summed E-state index contributed by atoms with van der Waals surface area (Å²) in [7, 11) is 1.21. The van der Waals surface area contributed by atoms with Crippen LogP contribution in [0.3, 0.4) is 0 Å². The second kappa shape index (κ2) is 8.16. The molecule has 2 N–H and O–H groups in total. The maximum Gasteiger partial charge on any atom is 0.416 e. The van der Waals surface area contributed by atoms with Crippen LogP contribution in [0.2, 0.25) is 0 Å². The van der Waals surface area contributed by atoms with Gasteiger partial charge in [-0.05, 0) is 30.3 Å². The minimum absolute atomic E-state index is 0.0579. The van der Waals surface area contributed by atoms with E-state index in [4.69, 9.17) is 0 Å². The van der Waals surface area contributed by atoms with E-state index >= 15 is 0 Å². The third-order valence-electron chi connectivity index (χ3n) is 4.10. The van der Waals surface area contributed by atoms with Crippen molar-refractivity contribution >= 4 is 40.9 Å². The molecule has 1 aliphatic rings. The number of rotatable bonds is 4. The number of hydrogen-bond donors (Lipinski definition) is 2. The summed E-state index contributed by atoms with van der Waals surface area (Å²) in [5, 5.41) is 4.15. The van der Waals surface area contributed by atoms with Crippen molar-refractivity contribution in [2.75, 3.05) is 17.7 Å². The van der Waals surface area contributed by atoms with E-state index in [1.54, 1.807) is 12.1 Å². The van der Waals surface area contributed by atoms with Gasteiger partial charge < -0.3 is 15.4 Å². The molecule has 0 aliphatic carbocycles. The number of carbonyl (C=O) groups excluding carboxylic acids is 3. The molecule has 0 unspecified atom stereocenters. The summed E-state index contributed by atoms with van der Waals surface area (Å²) in [6.07, 6.45) is -4.75. The number of benzene rings is 2. The van der Waals surface area contributed by atoms with Gasteiger partial charge in [0.1, 0.15) is 0 Å². The van der Waals surface area contributed by atoms with E-state index in [1.165, 1.54) is 25.3 Å². The van der Waals surface area contributed by atoms with Gasteiger partial charge in [0, 0.05) is 11.3 Å². The van der Waals surface area contributed by atoms with E-state index in [-0.39, 0.29) is 23.4 Å². The quantitative estimate of drug-likeness (QED) is 0.727. The normalized spacial score (nSPS) is 15.9. The van der Waals surface area contributed by atoms with Gasteiger partial charge in [0.05, 0.1) is 34.9 Å². The minimum atomic E-state index is -4.52. The van der Waals surface area contributed by atoms with Crippen LogP contribution in [0.5, 0.6) is 0 Å². The predicted octanol–water partition coefficient (Wildman–Crippen LogP) is 3.93. The summed E-state index contributed by atoms with van der Waals surface area (Å²) < 4.78 is 43.1. The molecule has 1 atom stereocenters. The summed E-state index contributed by atoms with van der Waals surface area (Å²) in [5.41, 5.74) is -0.412. The Bertz CT molecular complexity index is 978. The number of alkyl halides is 3. The second-order valence-electron chi connectivity index (χ2n) is 6.09. The molecule has 2 aromatic carbocycles. The summed E-state index contributed by atoms with van der Waals surface area (Å²) >= 11 is 1.01. The van der Waals surface area contributed by atoms with E-state index in [2.05, 4.69) is 15.4 Å². The highest BCUT2D eigenvalue weighted by Crippen LogP contribution is 2.40. The molecule has 2 aromatic rings. The van der Waals surface area contributed by atoms with Crippen LogP contribution < -0.4 is 10.6 Å². The monoisotopic (exact) mass is 424 g/mol. The SMILES string of the molecule is COC(=O)c1ccccc1NC(=O)C[C@@H]1Sc2ccc(C(F)(F)F)cc2NC1=O. The number of anilines is 2. The highest BCUT2D eigenvalue weighted by molar-refractivity contribution is 8.01. The molecule has 152 valence electrons. The molecule has 0 spiro atoms. The average Bonchev–Trinajstić information content (AvgIpc) is 2.67. The van der Waals surface area contributed by atoms with E-state index in [0.717, 1.165) is 23.9 Å². The predicted molar refractivity (Wildman–Crippen MR) is 101 cm³/mol. The molecule has 0 bridgehead atoms. The molecule has 29 heavy (non-hydrogen) atoms. The van der Waals surface area contributed by atoms with Crippen molar-refractivity contribution in [2.24, 2.45) is 0 Å². The van der Waals surface area contributed by atoms with Gasteiger partial charge in [-0.25, -0.2) is 4.79 Å². The van der Waals surface area contributed by atoms with E-state index < -0.39 is 34.8 Å². The van der Waals surface area contributed by atoms with Crippen molar-refractivity contribution in [1.82, 2.24) is 0 Å². The van der Waals surface area contributed by atoms with Gasteiger partial charge >= 0.3 is 12.1 Å². The molecular formula is C19H15F3N2O4S. The molecule has 3 rings (SSSR count). The van der Waals surface area contributed by atoms with Crippen LogP contribution in [0.25, 0.3) is 0 Å². The highest BCUT2D eigenvalue weighted by atomic mass is 32.2. The number of amides is 2. The summed E-state index contributed by atoms with van der Waals surface area (Å²) in [4.78, 5) is 36.8. The molecule has 0 radical (unpaired) electrons. The van der Waals surface area contributed by atoms with Gasteiger partial charge in [0.15, 0.2) is 0 Å². The third-order valence-corrected chi connectivity index (χ3v) is 5.38. The number of nitrogens with one attached hydrogen (secondary N) is 2. The molecule has 1 heterocycles. The van der Waals surface area contributed by atoms with Crippen LogP contribution in [-0.2, 0) is 20.5 Å². The highest BCUT2D eigenvalue weighted by Gasteiger charge is 2.34. The second-order valence-corrected chi connectivity index (χ2v) is 7.34. The summed E-state index contributed by atoms with van der Waals surface area (Å²) in [6, 6.07) is 9.29. The van der Waals surface area contributed by atoms with Crippen LogP contribution in [0.4, 0.5) is 24.5 Å². The Labute approximate surface area is 167 Å². The van der Waals surface area contributed by atoms with E-state index in [1.807, 2.05) is 0 Å². The van der Waals surface area contributed by atoms with Crippen LogP contribution in [-0.4, -0.2) is 30.1 Å². The number of methoxy groups -OCH3 is 1. The van der Waals surface area contributed by atoms with Crippen LogP contribution >= 0.6 is 11.8 Å². The first kappa shape index (κ1) is 20.7. The zero-order chi connectivity index (χ0) is 21.2. The van der Waals surface area contributed by atoms with Gasteiger partial charge in [0.2, 0.25) is 11.8 Å². The Morgan fingerprint density at radius 3 is 2.62 bits per heavy atom. The summed E-state index contributed by atoms with van der Waals surface area (Å²) in [6.45, 7) is 0. The molecule has 10 heteroatoms. The number of halogens is 3. The van der Waals surface area contributed by atoms with Crippen molar-refractivity contribution in [3.05, 3.63) is 53.6 Å². The van der Waals surface area contributed by atoms with Crippen LogP contribution in [0.15, 0.2) is 47.4 Å². The molecule has 0 aromatic heterocycles. The maximum absolute atomic E-state index is 12.8. The van der Waals surface area contributed by atoms with E-state index in [9.17, 15) is 27.6 Å². The Morgan fingerprint density at radius 2 is 1.93 bits per heavy atom. The topological polar surface area (TPSA) is 84.5 Å². The smallest absolute Gasteiger partial charge is 0.416 e. The molecule has 1 aliphatic heterocycles. The fraction of sp³-hybridized carbons (Fsp3) is 0.211. The van der Waals surface area contributed by atoms with Gasteiger partial charge in [-0.15, -0.1) is 11.8 Å².